The maximum Gasteiger partial charge on any atom is 0.408 e. The fraction of sp³-hybridized carbons (Fsp3) is 0.659. The summed E-state index contributed by atoms with van der Waals surface area (Å²) in [4.78, 5) is 80.1. The number of carboxylic acid groups (broad SMARTS) is 2. The Hall–Kier alpha value is -4.84. The number of benzene rings is 1. The van der Waals surface area contributed by atoms with Crippen molar-refractivity contribution in [2.24, 2.45) is 0 Å². The summed E-state index contributed by atoms with van der Waals surface area (Å²) in [6.45, 7) is 20.7. The Bertz CT molecular complexity index is 1930. The number of likely N-dealkylation sites (N-methyl/N-ethyl adjacent to an activating group) is 1. The van der Waals surface area contributed by atoms with Gasteiger partial charge in [-0.3, -0.25) is 14.5 Å². The Morgan fingerprint density at radius 1 is 0.881 bits per heavy atom. The van der Waals surface area contributed by atoms with Crippen molar-refractivity contribution >= 4 is 44.4 Å². The number of amides is 2. The second kappa shape index (κ2) is 15.6. The number of aliphatic carboxylic acids is 2. The summed E-state index contributed by atoms with van der Waals surface area (Å²) in [7, 11) is -0.610. The molecule has 2 heterocycles. The highest BCUT2D eigenvalue weighted by atomic mass is 28.4. The van der Waals surface area contributed by atoms with Crippen LogP contribution < -0.4 is 19.8 Å². The van der Waals surface area contributed by atoms with Crippen molar-refractivity contribution in [3.05, 3.63) is 35.1 Å². The number of esters is 2. The van der Waals surface area contributed by atoms with Gasteiger partial charge in [0.15, 0.2) is 11.9 Å². The molecule has 1 fully saturated rings. The van der Waals surface area contributed by atoms with Gasteiger partial charge in [0.05, 0.1) is 24.3 Å². The summed E-state index contributed by atoms with van der Waals surface area (Å²) in [5.41, 5.74) is -3.06. The lowest BCUT2D eigenvalue weighted by atomic mass is 9.50. The fourth-order valence-electron chi connectivity index (χ4n) is 8.18. The number of carbonyl (C=O) groups excluding carboxylic acids is 4. The van der Waals surface area contributed by atoms with Crippen LogP contribution in [0.1, 0.15) is 99.1 Å². The number of carbonyl (C=O) groups is 6. The van der Waals surface area contributed by atoms with E-state index in [-0.39, 0.29) is 17.2 Å². The largest absolute Gasteiger partial charge is 0.541 e. The van der Waals surface area contributed by atoms with Crippen LogP contribution in [-0.4, -0.2) is 114 Å². The first-order valence-corrected chi connectivity index (χ1v) is 22.7. The van der Waals surface area contributed by atoms with Crippen LogP contribution in [0.4, 0.5) is 9.59 Å². The fourth-order valence-corrected chi connectivity index (χ4v) is 9.19. The molecule has 1 aromatic carbocycles. The van der Waals surface area contributed by atoms with Crippen molar-refractivity contribution in [1.29, 1.82) is 0 Å². The molecule has 1 spiro atoms. The van der Waals surface area contributed by atoms with E-state index in [4.69, 9.17) is 28.1 Å². The summed E-state index contributed by atoms with van der Waals surface area (Å²) in [5.74, 6) is -4.02. The Labute approximate surface area is 345 Å². The van der Waals surface area contributed by atoms with E-state index in [1.165, 1.54) is 0 Å². The SMILES string of the molecule is CN1CC[C@]23c4c5ccc(O[Si](C)(C)C(C)(C)C)c4O[C@H]2C(OC(=O)C(CC(=O)O)NC(=O)OC(C)(C)C)=CC[C@@]3(OC(=O)C(CC(=O)O)NC(=O)OC(C)(C)C)[C@H]1C5. The van der Waals surface area contributed by atoms with E-state index in [0.717, 1.165) is 5.56 Å². The van der Waals surface area contributed by atoms with Gasteiger partial charge in [-0.05, 0) is 104 Å². The van der Waals surface area contributed by atoms with E-state index in [0.29, 0.717) is 36.4 Å². The maximum atomic E-state index is 14.4. The van der Waals surface area contributed by atoms with Gasteiger partial charge in [-0.2, -0.15) is 0 Å². The molecule has 1 aromatic rings. The molecule has 2 bridgehead atoms. The summed E-state index contributed by atoms with van der Waals surface area (Å²) < 4.78 is 37.1. The van der Waals surface area contributed by atoms with Crippen molar-refractivity contribution in [3.63, 3.8) is 0 Å². The Morgan fingerprint density at radius 3 is 1.93 bits per heavy atom. The molecule has 2 unspecified atom stereocenters. The van der Waals surface area contributed by atoms with E-state index in [9.17, 15) is 39.0 Å². The molecule has 4 aliphatic rings. The van der Waals surface area contributed by atoms with E-state index >= 15 is 0 Å². The van der Waals surface area contributed by atoms with Crippen molar-refractivity contribution in [1.82, 2.24) is 15.5 Å². The summed E-state index contributed by atoms with van der Waals surface area (Å²) in [5, 5.41) is 24.0. The van der Waals surface area contributed by atoms with E-state index in [1.54, 1.807) is 47.6 Å². The zero-order valence-electron chi connectivity index (χ0n) is 36.0. The molecule has 0 aromatic heterocycles. The molecule has 2 aliphatic carbocycles. The van der Waals surface area contributed by atoms with Gasteiger partial charge in [-0.1, -0.05) is 26.8 Å². The van der Waals surface area contributed by atoms with E-state index < -0.39 is 104 Å². The van der Waals surface area contributed by atoms with E-state index in [1.807, 2.05) is 19.2 Å². The second-order valence-corrected chi connectivity index (χ2v) is 24.1. The normalized spacial score (nSPS) is 24.5. The quantitative estimate of drug-likeness (QED) is 0.121. The number of hydrogen-bond acceptors (Lipinski definition) is 13. The Kier molecular flexibility index (Phi) is 12.0. The maximum absolute atomic E-state index is 14.4. The predicted molar refractivity (Wildman–Crippen MR) is 214 cm³/mol. The van der Waals surface area contributed by atoms with Gasteiger partial charge < -0.3 is 49.0 Å². The third-order valence-corrected chi connectivity index (χ3v) is 16.0. The second-order valence-electron chi connectivity index (χ2n) is 19.3. The molecule has 5 rings (SSSR count). The van der Waals surface area contributed by atoms with Gasteiger partial charge in [0, 0.05) is 12.0 Å². The number of nitrogens with zero attached hydrogens (tertiary/aromatic N) is 1. The number of piperidine rings is 1. The Morgan fingerprint density at radius 2 is 1.42 bits per heavy atom. The monoisotopic (exact) mass is 845 g/mol. The molecule has 0 radical (unpaired) electrons. The van der Waals surface area contributed by atoms with Crippen LogP contribution in [0, 0.1) is 0 Å². The highest BCUT2D eigenvalue weighted by molar-refractivity contribution is 6.74. The number of nitrogens with one attached hydrogen (secondary N) is 2. The first-order valence-electron chi connectivity index (χ1n) is 19.8. The van der Waals surface area contributed by atoms with Gasteiger partial charge in [0.25, 0.3) is 8.32 Å². The smallest absolute Gasteiger partial charge is 0.408 e. The molecule has 18 heteroatoms. The number of ether oxygens (including phenoxy) is 5. The minimum atomic E-state index is -2.50. The van der Waals surface area contributed by atoms with Gasteiger partial charge in [0.2, 0.25) is 0 Å². The molecule has 6 atom stereocenters. The molecule has 1 saturated heterocycles. The summed E-state index contributed by atoms with van der Waals surface area (Å²) in [6, 6.07) is 0.00345. The lowest BCUT2D eigenvalue weighted by Gasteiger charge is -2.62. The highest BCUT2D eigenvalue weighted by Gasteiger charge is 2.75. The highest BCUT2D eigenvalue weighted by Crippen LogP contribution is 2.67. The average molecular weight is 846 g/mol. The lowest BCUT2D eigenvalue weighted by molar-refractivity contribution is -0.208. The number of rotatable bonds is 12. The van der Waals surface area contributed by atoms with Crippen LogP contribution in [0.15, 0.2) is 24.0 Å². The third-order valence-electron chi connectivity index (χ3n) is 11.7. The molecule has 2 amide bonds. The van der Waals surface area contributed by atoms with Crippen LogP contribution in [0.5, 0.6) is 11.5 Å². The predicted octanol–water partition coefficient (Wildman–Crippen LogP) is 5.18. The van der Waals surface area contributed by atoms with Crippen molar-refractivity contribution in [3.8, 4) is 11.5 Å². The minimum Gasteiger partial charge on any atom is -0.541 e. The average Bonchev–Trinajstić information content (AvgIpc) is 3.41. The van der Waals surface area contributed by atoms with Gasteiger partial charge in [-0.15, -0.1) is 0 Å². The first-order chi connectivity index (χ1) is 27.0. The summed E-state index contributed by atoms with van der Waals surface area (Å²) >= 11 is 0. The number of alkyl carbamates (subject to hydrolysis) is 2. The molecule has 326 valence electrons. The van der Waals surface area contributed by atoms with Crippen LogP contribution in [0.3, 0.4) is 0 Å². The molecule has 4 N–H and O–H groups in total. The third kappa shape index (κ3) is 9.02. The number of likely N-dealkylation sites (tertiary alicyclic amines) is 1. The van der Waals surface area contributed by atoms with Crippen LogP contribution in [0.25, 0.3) is 0 Å². The number of hydrogen-bond donors (Lipinski definition) is 4. The molecule has 0 saturated carbocycles. The van der Waals surface area contributed by atoms with Crippen molar-refractivity contribution in [2.75, 3.05) is 13.6 Å². The lowest BCUT2D eigenvalue weighted by Crippen LogP contribution is -2.76. The van der Waals surface area contributed by atoms with Gasteiger partial charge in [-0.25, -0.2) is 19.2 Å². The van der Waals surface area contributed by atoms with Gasteiger partial charge in [0.1, 0.15) is 40.4 Å². The zero-order chi connectivity index (χ0) is 44.3. The molecular weight excluding hydrogens is 787 g/mol. The van der Waals surface area contributed by atoms with Crippen molar-refractivity contribution < 1.29 is 67.1 Å². The molecule has 59 heavy (non-hydrogen) atoms. The molecular formula is C41H59N3O14Si. The number of carboxylic acids is 2. The topological polar surface area (TPSA) is 226 Å². The van der Waals surface area contributed by atoms with Crippen molar-refractivity contribution in [2.45, 2.75) is 159 Å². The summed E-state index contributed by atoms with van der Waals surface area (Å²) in [6.07, 6.45) is -2.62. The standard InChI is InChI=1S/C41H59N3O14Si/c1-37(2,3)56-35(51)42-23(20-28(45)46)33(49)53-26-15-16-41(55-34(50)24(21-29(47)48)43-36(52)57-38(4,5)6)27-19-22-13-14-25(58-59(11,12)39(7,8)9)31-30(22)40(41,32(26)54-31)17-18-44(27)10/h13-15,23-24,27,32H,16-21H2,1-12H3,(H,42,51)(H,43,52)(H,45,46)(H,47,48)/t23?,24?,27-,32+,40+,41-/m1/s1. The Balaban J connectivity index is 1.65. The van der Waals surface area contributed by atoms with Crippen LogP contribution in [0.2, 0.25) is 18.1 Å². The van der Waals surface area contributed by atoms with E-state index in [2.05, 4.69) is 49.4 Å². The molecule has 2 aliphatic heterocycles. The van der Waals surface area contributed by atoms with Crippen LogP contribution in [-0.2, 0) is 50.0 Å². The molecule has 17 nitrogen and oxygen atoms in total. The van der Waals surface area contributed by atoms with Crippen LogP contribution >= 0.6 is 0 Å². The minimum absolute atomic E-state index is 0.00245. The first kappa shape index (κ1) is 45.2. The van der Waals surface area contributed by atoms with Gasteiger partial charge >= 0.3 is 36.1 Å². The zero-order valence-corrected chi connectivity index (χ0v) is 37.0.